The Morgan fingerprint density at radius 2 is 2.11 bits per heavy atom. The third-order valence-electron chi connectivity index (χ3n) is 3.47. The molecule has 0 aliphatic carbocycles. The highest BCUT2D eigenvalue weighted by Gasteiger charge is 2.23. The van der Waals surface area contributed by atoms with Crippen LogP contribution in [0.4, 0.5) is 4.39 Å². The Hall–Kier alpha value is -1.68. The molecule has 1 aromatic rings. The van der Waals surface area contributed by atoms with Crippen molar-refractivity contribution in [1.29, 1.82) is 0 Å². The summed E-state index contributed by atoms with van der Waals surface area (Å²) in [4.78, 5) is 14.0. The highest BCUT2D eigenvalue weighted by atomic mass is 19.1. The maximum absolute atomic E-state index is 12.8. The van der Waals surface area contributed by atoms with E-state index in [9.17, 15) is 9.18 Å². The molecule has 0 aromatic heterocycles. The Kier molecular flexibility index (Phi) is 4.68. The minimum Gasteiger partial charge on any atom is -0.335 e. The molecule has 0 saturated carbocycles. The lowest BCUT2D eigenvalue weighted by atomic mass is 10.0. The minimum absolute atomic E-state index is 0.0144. The second-order valence-corrected chi connectivity index (χ2v) is 4.80. The van der Waals surface area contributed by atoms with Gasteiger partial charge in [0.15, 0.2) is 0 Å². The summed E-state index contributed by atoms with van der Waals surface area (Å²) in [6.07, 6.45) is 6.40. The van der Waals surface area contributed by atoms with E-state index in [4.69, 9.17) is 5.73 Å². The summed E-state index contributed by atoms with van der Waals surface area (Å²) in [7, 11) is 0. The normalized spacial score (nSPS) is 19.9. The van der Waals surface area contributed by atoms with Gasteiger partial charge in [-0.1, -0.05) is 12.1 Å². The summed E-state index contributed by atoms with van der Waals surface area (Å²) < 4.78 is 12.8. The number of nitrogens with two attached hydrogens (primary N) is 1. The van der Waals surface area contributed by atoms with Crippen molar-refractivity contribution >= 4 is 12.0 Å². The number of hydrogen-bond donors (Lipinski definition) is 1. The van der Waals surface area contributed by atoms with Crippen molar-refractivity contribution in [2.45, 2.75) is 25.3 Å². The van der Waals surface area contributed by atoms with E-state index >= 15 is 0 Å². The molecule has 102 valence electrons. The SMILES string of the molecule is NCC1CCCCN1C(=O)C=Cc1ccc(F)cc1. The van der Waals surface area contributed by atoms with Crippen molar-refractivity contribution in [3.63, 3.8) is 0 Å². The molecule has 4 heteroatoms. The summed E-state index contributed by atoms with van der Waals surface area (Å²) >= 11 is 0. The Balaban J connectivity index is 2.01. The molecule has 2 rings (SSSR count). The van der Waals surface area contributed by atoms with Crippen molar-refractivity contribution in [3.05, 3.63) is 41.7 Å². The van der Waals surface area contributed by atoms with Gasteiger partial charge in [-0.2, -0.15) is 0 Å². The topological polar surface area (TPSA) is 46.3 Å². The average Bonchev–Trinajstić information content (AvgIpc) is 2.46. The van der Waals surface area contributed by atoms with Crippen LogP contribution in [-0.4, -0.2) is 29.9 Å². The van der Waals surface area contributed by atoms with Crippen LogP contribution in [0.15, 0.2) is 30.3 Å². The summed E-state index contributed by atoms with van der Waals surface area (Å²) in [5.74, 6) is -0.290. The maximum Gasteiger partial charge on any atom is 0.246 e. The first-order valence-corrected chi connectivity index (χ1v) is 6.65. The number of piperidine rings is 1. The smallest absolute Gasteiger partial charge is 0.246 e. The van der Waals surface area contributed by atoms with Gasteiger partial charge in [-0.15, -0.1) is 0 Å². The Labute approximate surface area is 112 Å². The molecule has 1 amide bonds. The van der Waals surface area contributed by atoms with Crippen molar-refractivity contribution in [2.24, 2.45) is 5.73 Å². The largest absolute Gasteiger partial charge is 0.335 e. The molecule has 0 bridgehead atoms. The molecule has 3 nitrogen and oxygen atoms in total. The summed E-state index contributed by atoms with van der Waals surface area (Å²) in [5.41, 5.74) is 6.51. The van der Waals surface area contributed by atoms with Crippen LogP contribution in [0.25, 0.3) is 6.08 Å². The van der Waals surface area contributed by atoms with Crippen LogP contribution < -0.4 is 5.73 Å². The number of nitrogens with zero attached hydrogens (tertiary/aromatic N) is 1. The Morgan fingerprint density at radius 1 is 1.37 bits per heavy atom. The van der Waals surface area contributed by atoms with Gasteiger partial charge in [0, 0.05) is 25.2 Å². The number of rotatable bonds is 3. The number of carbonyl (C=O) groups is 1. The maximum atomic E-state index is 12.8. The van der Waals surface area contributed by atoms with Gasteiger partial charge in [0.05, 0.1) is 0 Å². The van der Waals surface area contributed by atoms with E-state index in [0.29, 0.717) is 6.54 Å². The first-order chi connectivity index (χ1) is 9.20. The van der Waals surface area contributed by atoms with Crippen LogP contribution in [0.1, 0.15) is 24.8 Å². The molecule has 1 saturated heterocycles. The fourth-order valence-electron chi connectivity index (χ4n) is 2.37. The van der Waals surface area contributed by atoms with E-state index in [1.807, 2.05) is 4.90 Å². The summed E-state index contributed by atoms with van der Waals surface area (Å²) in [5, 5.41) is 0. The van der Waals surface area contributed by atoms with E-state index in [1.54, 1.807) is 24.3 Å². The van der Waals surface area contributed by atoms with Crippen molar-refractivity contribution in [3.8, 4) is 0 Å². The molecule has 1 aromatic carbocycles. The zero-order valence-electron chi connectivity index (χ0n) is 10.9. The van der Waals surface area contributed by atoms with Crippen LogP contribution in [0.2, 0.25) is 0 Å². The molecule has 2 N–H and O–H groups in total. The number of halogens is 1. The lowest BCUT2D eigenvalue weighted by Crippen LogP contribution is -2.46. The van der Waals surface area contributed by atoms with E-state index in [0.717, 1.165) is 31.4 Å². The van der Waals surface area contributed by atoms with Crippen LogP contribution in [0.3, 0.4) is 0 Å². The standard InChI is InChI=1S/C15H19FN2O/c16-13-7-4-12(5-8-13)6-9-15(19)18-10-2-1-3-14(18)11-17/h4-9,14H,1-3,10-11,17H2. The zero-order chi connectivity index (χ0) is 13.7. The molecule has 1 unspecified atom stereocenters. The number of benzene rings is 1. The molecular weight excluding hydrogens is 243 g/mol. The molecule has 0 radical (unpaired) electrons. The highest BCUT2D eigenvalue weighted by Crippen LogP contribution is 2.17. The van der Waals surface area contributed by atoms with Crippen LogP contribution in [-0.2, 0) is 4.79 Å². The second-order valence-electron chi connectivity index (χ2n) is 4.80. The highest BCUT2D eigenvalue weighted by molar-refractivity contribution is 5.92. The Bertz CT molecular complexity index is 456. The lowest BCUT2D eigenvalue weighted by molar-refractivity contribution is -0.129. The molecular formula is C15H19FN2O. The number of hydrogen-bond acceptors (Lipinski definition) is 2. The first-order valence-electron chi connectivity index (χ1n) is 6.65. The van der Waals surface area contributed by atoms with Crippen LogP contribution in [0.5, 0.6) is 0 Å². The molecule has 19 heavy (non-hydrogen) atoms. The third-order valence-corrected chi connectivity index (χ3v) is 3.47. The predicted octanol–water partition coefficient (Wildman–Crippen LogP) is 2.18. The molecule has 1 aliphatic rings. The average molecular weight is 262 g/mol. The number of amides is 1. The van der Waals surface area contributed by atoms with Gasteiger partial charge in [0.2, 0.25) is 5.91 Å². The van der Waals surface area contributed by atoms with Crippen LogP contribution in [0, 0.1) is 5.82 Å². The fraction of sp³-hybridized carbons (Fsp3) is 0.400. The summed E-state index contributed by atoms with van der Waals surface area (Å²) in [6.45, 7) is 1.28. The third kappa shape index (κ3) is 3.64. The van der Waals surface area contributed by atoms with E-state index < -0.39 is 0 Å². The van der Waals surface area contributed by atoms with Gasteiger partial charge in [-0.25, -0.2) is 4.39 Å². The van der Waals surface area contributed by atoms with Crippen LogP contribution >= 0.6 is 0 Å². The fourth-order valence-corrected chi connectivity index (χ4v) is 2.37. The first kappa shape index (κ1) is 13.7. The Morgan fingerprint density at radius 3 is 2.79 bits per heavy atom. The summed E-state index contributed by atoms with van der Waals surface area (Å²) in [6, 6.07) is 6.21. The molecule has 1 fully saturated rings. The lowest BCUT2D eigenvalue weighted by Gasteiger charge is -2.34. The van der Waals surface area contributed by atoms with Gasteiger partial charge < -0.3 is 10.6 Å². The zero-order valence-corrected chi connectivity index (χ0v) is 10.9. The monoisotopic (exact) mass is 262 g/mol. The van der Waals surface area contributed by atoms with Gasteiger partial charge in [-0.3, -0.25) is 4.79 Å². The molecule has 0 spiro atoms. The van der Waals surface area contributed by atoms with Crippen molar-refractivity contribution < 1.29 is 9.18 Å². The van der Waals surface area contributed by atoms with Crippen molar-refractivity contribution in [2.75, 3.05) is 13.1 Å². The van der Waals surface area contributed by atoms with Gasteiger partial charge >= 0.3 is 0 Å². The minimum atomic E-state index is -0.275. The number of likely N-dealkylation sites (tertiary alicyclic amines) is 1. The quantitative estimate of drug-likeness (QED) is 0.849. The van der Waals surface area contributed by atoms with E-state index in [2.05, 4.69) is 0 Å². The van der Waals surface area contributed by atoms with E-state index in [1.165, 1.54) is 12.1 Å². The number of carbonyl (C=O) groups excluding carboxylic acids is 1. The van der Waals surface area contributed by atoms with E-state index in [-0.39, 0.29) is 17.8 Å². The van der Waals surface area contributed by atoms with Gasteiger partial charge in [0.1, 0.15) is 5.82 Å². The predicted molar refractivity (Wildman–Crippen MR) is 73.8 cm³/mol. The molecule has 1 atom stereocenters. The van der Waals surface area contributed by atoms with Gasteiger partial charge in [-0.05, 0) is 43.0 Å². The van der Waals surface area contributed by atoms with Crippen molar-refractivity contribution in [1.82, 2.24) is 4.90 Å². The molecule has 1 heterocycles. The second kappa shape index (κ2) is 6.48. The van der Waals surface area contributed by atoms with Gasteiger partial charge in [0.25, 0.3) is 0 Å². The molecule has 1 aliphatic heterocycles.